The van der Waals surface area contributed by atoms with Crippen LogP contribution < -0.4 is 10.3 Å². The number of nitrogens with zero attached hydrogens (tertiary/aromatic N) is 2. The minimum Gasteiger partial charge on any atom is -0.497 e. The number of thiophene rings is 1. The average molecular weight is 484 g/mol. The summed E-state index contributed by atoms with van der Waals surface area (Å²) < 4.78 is 16.3. The second-order valence-electron chi connectivity index (χ2n) is 8.36. The molecule has 0 aliphatic rings. The normalized spacial score (nSPS) is 12.6. The number of hydrogen-bond donors (Lipinski definition) is 2. The minimum atomic E-state index is -0.684. The fourth-order valence-electron chi connectivity index (χ4n) is 3.73. The third-order valence-corrected chi connectivity index (χ3v) is 6.19. The Kier molecular flexibility index (Phi) is 7.79. The molecule has 1 aromatic carbocycles. The van der Waals surface area contributed by atoms with Crippen LogP contribution in [-0.4, -0.2) is 52.4 Å². The van der Waals surface area contributed by atoms with Crippen molar-refractivity contribution in [3.8, 4) is 16.9 Å². The van der Waals surface area contributed by atoms with Crippen molar-refractivity contribution in [3.63, 3.8) is 0 Å². The summed E-state index contributed by atoms with van der Waals surface area (Å²) in [5, 5.41) is 13.0. The predicted molar refractivity (Wildman–Crippen MR) is 132 cm³/mol. The van der Waals surface area contributed by atoms with Gasteiger partial charge in [-0.3, -0.25) is 9.69 Å². The van der Waals surface area contributed by atoms with Crippen molar-refractivity contribution >= 4 is 21.6 Å². The molecule has 9 heteroatoms. The van der Waals surface area contributed by atoms with Crippen LogP contribution in [-0.2, 0) is 17.8 Å². The molecule has 4 rings (SSSR count). The van der Waals surface area contributed by atoms with Gasteiger partial charge in [-0.05, 0) is 43.7 Å². The van der Waals surface area contributed by atoms with E-state index in [2.05, 4.69) is 4.98 Å². The summed E-state index contributed by atoms with van der Waals surface area (Å²) in [6, 6.07) is 11.3. The van der Waals surface area contributed by atoms with Crippen molar-refractivity contribution in [3.05, 3.63) is 70.0 Å². The maximum absolute atomic E-state index is 13.1. The topological polar surface area (TPSA) is 101 Å². The highest BCUT2D eigenvalue weighted by atomic mass is 32.1. The molecule has 1 atom stereocenters. The Balaban J connectivity index is 1.57. The van der Waals surface area contributed by atoms with Crippen LogP contribution in [0.1, 0.15) is 25.4 Å². The minimum absolute atomic E-state index is 0.0346. The smallest absolute Gasteiger partial charge is 0.260 e. The Labute approximate surface area is 201 Å². The average Bonchev–Trinajstić information content (AvgIpc) is 3.48. The quantitative estimate of drug-likeness (QED) is 0.332. The predicted octanol–water partition coefficient (Wildman–Crippen LogP) is 4.04. The molecule has 3 heterocycles. The van der Waals surface area contributed by atoms with Crippen molar-refractivity contribution in [1.29, 1.82) is 0 Å². The van der Waals surface area contributed by atoms with Crippen molar-refractivity contribution in [1.82, 2.24) is 14.9 Å². The lowest BCUT2D eigenvalue weighted by Crippen LogP contribution is -2.35. The molecule has 2 N–H and O–H groups in total. The number of ether oxygens (including phenoxy) is 2. The third kappa shape index (κ3) is 5.92. The van der Waals surface area contributed by atoms with Crippen LogP contribution in [0.4, 0.5) is 0 Å². The lowest BCUT2D eigenvalue weighted by molar-refractivity contribution is -0.0117. The number of aliphatic hydroxyl groups excluding tert-OH is 1. The van der Waals surface area contributed by atoms with Gasteiger partial charge in [0.15, 0.2) is 0 Å². The first kappa shape index (κ1) is 24.2. The second-order valence-corrected chi connectivity index (χ2v) is 9.21. The number of aromatic nitrogens is 2. The molecule has 0 aliphatic carbocycles. The summed E-state index contributed by atoms with van der Waals surface area (Å²) in [5.41, 5.74) is 1.59. The summed E-state index contributed by atoms with van der Waals surface area (Å²) in [5.74, 6) is 2.05. The Morgan fingerprint density at radius 3 is 2.68 bits per heavy atom. The van der Waals surface area contributed by atoms with Gasteiger partial charge < -0.3 is 24.0 Å². The summed E-state index contributed by atoms with van der Waals surface area (Å²) in [4.78, 5) is 23.4. The van der Waals surface area contributed by atoms with Gasteiger partial charge in [0, 0.05) is 17.5 Å². The molecule has 0 fully saturated rings. The molecule has 0 bridgehead atoms. The Bertz CT molecular complexity index is 1250. The number of benzene rings is 1. The number of hydrogen-bond acceptors (Lipinski definition) is 8. The number of H-pyrrole nitrogens is 1. The number of aliphatic hydroxyl groups is 1. The van der Waals surface area contributed by atoms with Gasteiger partial charge in [0.1, 0.15) is 22.2 Å². The fourth-order valence-corrected chi connectivity index (χ4v) is 4.69. The number of nitrogens with one attached hydrogen (secondary N) is 1. The van der Waals surface area contributed by atoms with Crippen LogP contribution in [0.5, 0.6) is 5.75 Å². The first-order chi connectivity index (χ1) is 16.4. The molecule has 0 saturated carbocycles. The number of rotatable bonds is 11. The first-order valence-electron chi connectivity index (χ1n) is 11.1. The van der Waals surface area contributed by atoms with E-state index >= 15 is 0 Å². The zero-order valence-electron chi connectivity index (χ0n) is 19.5. The first-order valence-corrected chi connectivity index (χ1v) is 12.0. The molecule has 0 radical (unpaired) electrons. The maximum atomic E-state index is 13.1. The summed E-state index contributed by atoms with van der Waals surface area (Å²) in [6.45, 7) is 5.24. The van der Waals surface area contributed by atoms with E-state index in [9.17, 15) is 9.90 Å². The van der Waals surface area contributed by atoms with E-state index in [0.29, 0.717) is 35.7 Å². The van der Waals surface area contributed by atoms with E-state index in [1.54, 1.807) is 13.4 Å². The highest BCUT2D eigenvalue weighted by molar-refractivity contribution is 7.17. The molecule has 0 amide bonds. The zero-order valence-corrected chi connectivity index (χ0v) is 20.3. The van der Waals surface area contributed by atoms with E-state index in [1.165, 1.54) is 11.3 Å². The Hall–Kier alpha value is -2.98. The van der Waals surface area contributed by atoms with Gasteiger partial charge in [0.05, 0.1) is 50.7 Å². The van der Waals surface area contributed by atoms with Crippen LogP contribution in [0.3, 0.4) is 0 Å². The Morgan fingerprint density at radius 1 is 1.21 bits per heavy atom. The highest BCUT2D eigenvalue weighted by Crippen LogP contribution is 2.31. The van der Waals surface area contributed by atoms with E-state index in [-0.39, 0.29) is 18.3 Å². The molecule has 0 saturated heterocycles. The molecule has 0 unspecified atom stereocenters. The van der Waals surface area contributed by atoms with E-state index in [0.717, 1.165) is 22.6 Å². The van der Waals surface area contributed by atoms with Gasteiger partial charge in [0.25, 0.3) is 5.56 Å². The number of methoxy groups -OCH3 is 1. The van der Waals surface area contributed by atoms with Gasteiger partial charge in [-0.2, -0.15) is 0 Å². The molecule has 3 aromatic heterocycles. The van der Waals surface area contributed by atoms with Crippen molar-refractivity contribution in [2.45, 2.75) is 39.1 Å². The lowest BCUT2D eigenvalue weighted by Gasteiger charge is -2.24. The molecule has 0 aliphatic heterocycles. The van der Waals surface area contributed by atoms with Crippen molar-refractivity contribution < 1.29 is 19.0 Å². The molecular formula is C25H29N3O5S. The van der Waals surface area contributed by atoms with E-state index in [4.69, 9.17) is 18.9 Å². The SMILES string of the molecule is COc1ccc(-c2csc3nc(CN(Cc4ccco4)C[C@@H](O)COC(C)C)[nH]c(=O)c23)cc1. The van der Waals surface area contributed by atoms with Crippen LogP contribution in [0, 0.1) is 0 Å². The second kappa shape index (κ2) is 11.0. The largest absolute Gasteiger partial charge is 0.497 e. The fraction of sp³-hybridized carbons (Fsp3) is 0.360. The summed E-state index contributed by atoms with van der Waals surface area (Å²) >= 11 is 1.44. The van der Waals surface area contributed by atoms with E-state index < -0.39 is 6.10 Å². The number of furan rings is 1. The molecular weight excluding hydrogens is 454 g/mol. The molecule has 0 spiro atoms. The van der Waals surface area contributed by atoms with Crippen LogP contribution >= 0.6 is 11.3 Å². The Morgan fingerprint density at radius 2 is 2.00 bits per heavy atom. The van der Waals surface area contributed by atoms with Gasteiger partial charge in [-0.1, -0.05) is 12.1 Å². The van der Waals surface area contributed by atoms with Gasteiger partial charge in [-0.25, -0.2) is 4.98 Å². The maximum Gasteiger partial charge on any atom is 0.260 e. The van der Waals surface area contributed by atoms with Gasteiger partial charge >= 0.3 is 0 Å². The molecule has 34 heavy (non-hydrogen) atoms. The standard InChI is InChI=1S/C25H29N3O5S/c1-16(2)33-14-18(29)11-28(12-20-5-4-10-32-20)13-22-26-24(30)23-21(15-34-25(23)27-22)17-6-8-19(31-3)9-7-17/h4-10,15-16,18,29H,11-14H2,1-3H3,(H,26,27,30)/t18-/m1/s1. The van der Waals surface area contributed by atoms with Crippen LogP contribution in [0.25, 0.3) is 21.3 Å². The van der Waals surface area contributed by atoms with Crippen molar-refractivity contribution in [2.75, 3.05) is 20.3 Å². The van der Waals surface area contributed by atoms with Gasteiger partial charge in [0.2, 0.25) is 0 Å². The number of fused-ring (bicyclic) bond motifs is 1. The summed E-state index contributed by atoms with van der Waals surface area (Å²) in [7, 11) is 1.62. The monoisotopic (exact) mass is 483 g/mol. The lowest BCUT2D eigenvalue weighted by atomic mass is 10.1. The van der Waals surface area contributed by atoms with Crippen LogP contribution in [0.15, 0.2) is 57.3 Å². The molecule has 180 valence electrons. The summed E-state index contributed by atoms with van der Waals surface area (Å²) in [6.07, 6.45) is 0.966. The molecule has 4 aromatic rings. The molecule has 8 nitrogen and oxygen atoms in total. The zero-order chi connectivity index (χ0) is 24.1. The van der Waals surface area contributed by atoms with Crippen LogP contribution in [0.2, 0.25) is 0 Å². The van der Waals surface area contributed by atoms with Gasteiger partial charge in [-0.15, -0.1) is 11.3 Å². The highest BCUT2D eigenvalue weighted by Gasteiger charge is 2.18. The van der Waals surface area contributed by atoms with E-state index in [1.807, 2.05) is 60.5 Å². The third-order valence-electron chi connectivity index (χ3n) is 5.32. The number of aromatic amines is 1. The van der Waals surface area contributed by atoms with Crippen molar-refractivity contribution in [2.24, 2.45) is 0 Å².